The van der Waals surface area contributed by atoms with E-state index < -0.39 is 11.9 Å². The van der Waals surface area contributed by atoms with Crippen LogP contribution >= 0.6 is 11.6 Å². The van der Waals surface area contributed by atoms with Gasteiger partial charge in [0.25, 0.3) is 0 Å². The highest BCUT2D eigenvalue weighted by Crippen LogP contribution is 2.22. The molecule has 0 aromatic heterocycles. The van der Waals surface area contributed by atoms with Gasteiger partial charge >= 0.3 is 12.0 Å². The highest BCUT2D eigenvalue weighted by molar-refractivity contribution is 6.33. The molecule has 0 heterocycles. The Hall–Kier alpha value is -1.75. The molecule has 3 N–H and O–H groups in total. The third kappa shape index (κ3) is 5.48. The summed E-state index contributed by atoms with van der Waals surface area (Å²) in [5.74, 6) is -1.22. The number of carbonyl (C=O) groups is 2. The second-order valence-electron chi connectivity index (χ2n) is 4.75. The van der Waals surface area contributed by atoms with E-state index in [0.717, 1.165) is 5.56 Å². The van der Waals surface area contributed by atoms with E-state index >= 15 is 0 Å². The first kappa shape index (κ1) is 16.3. The van der Waals surface area contributed by atoms with Crippen LogP contribution in [-0.4, -0.2) is 23.7 Å². The standard InChI is InChI=1S/C14H19ClN2O3/c1-9-5-6-11(15)12(8-9)17-14(20)16-7-3-4-10(2)13(18)19/h5-6,8,10H,3-4,7H2,1-2H3,(H,18,19)(H2,16,17,20). The Morgan fingerprint density at radius 1 is 1.40 bits per heavy atom. The molecule has 0 aliphatic heterocycles. The third-order valence-corrected chi connectivity index (χ3v) is 3.22. The van der Waals surface area contributed by atoms with E-state index in [9.17, 15) is 9.59 Å². The van der Waals surface area contributed by atoms with Gasteiger partial charge in [-0.05, 0) is 37.5 Å². The van der Waals surface area contributed by atoms with Crippen molar-refractivity contribution in [1.29, 1.82) is 0 Å². The van der Waals surface area contributed by atoms with Gasteiger partial charge in [0, 0.05) is 6.54 Å². The Bertz CT molecular complexity index is 491. The van der Waals surface area contributed by atoms with Crippen molar-refractivity contribution in [3.05, 3.63) is 28.8 Å². The van der Waals surface area contributed by atoms with Gasteiger partial charge in [0.1, 0.15) is 0 Å². The number of hydrogen-bond donors (Lipinski definition) is 3. The van der Waals surface area contributed by atoms with Crippen molar-refractivity contribution >= 4 is 29.3 Å². The number of halogens is 1. The van der Waals surface area contributed by atoms with E-state index in [0.29, 0.717) is 30.1 Å². The molecule has 5 nitrogen and oxygen atoms in total. The molecular weight excluding hydrogens is 280 g/mol. The highest BCUT2D eigenvalue weighted by Gasteiger charge is 2.10. The van der Waals surface area contributed by atoms with Crippen LogP contribution in [0.25, 0.3) is 0 Å². The average molecular weight is 299 g/mol. The summed E-state index contributed by atoms with van der Waals surface area (Å²) in [4.78, 5) is 22.3. The fourth-order valence-corrected chi connectivity index (χ4v) is 1.80. The molecule has 110 valence electrons. The van der Waals surface area contributed by atoms with E-state index in [2.05, 4.69) is 10.6 Å². The minimum atomic E-state index is -0.819. The van der Waals surface area contributed by atoms with Gasteiger partial charge in [0.05, 0.1) is 16.6 Å². The van der Waals surface area contributed by atoms with Gasteiger partial charge in [-0.1, -0.05) is 24.6 Å². The zero-order valence-corrected chi connectivity index (χ0v) is 12.3. The van der Waals surface area contributed by atoms with Crippen molar-refractivity contribution in [2.24, 2.45) is 5.92 Å². The molecule has 1 aromatic carbocycles. The SMILES string of the molecule is Cc1ccc(Cl)c(NC(=O)NCCCC(C)C(=O)O)c1. The maximum Gasteiger partial charge on any atom is 0.319 e. The van der Waals surface area contributed by atoms with Gasteiger partial charge in [-0.2, -0.15) is 0 Å². The highest BCUT2D eigenvalue weighted by atomic mass is 35.5. The van der Waals surface area contributed by atoms with Gasteiger partial charge in [-0.25, -0.2) is 4.79 Å². The molecule has 1 unspecified atom stereocenters. The molecular formula is C14H19ClN2O3. The number of rotatable bonds is 6. The molecule has 20 heavy (non-hydrogen) atoms. The lowest BCUT2D eigenvalue weighted by Gasteiger charge is -2.10. The number of benzene rings is 1. The predicted molar refractivity (Wildman–Crippen MR) is 79.2 cm³/mol. The van der Waals surface area contributed by atoms with E-state index in [4.69, 9.17) is 16.7 Å². The average Bonchev–Trinajstić information content (AvgIpc) is 2.38. The summed E-state index contributed by atoms with van der Waals surface area (Å²) in [6, 6.07) is 5.02. The van der Waals surface area contributed by atoms with Gasteiger partial charge in [0.15, 0.2) is 0 Å². The molecule has 1 rings (SSSR count). The van der Waals surface area contributed by atoms with Crippen LogP contribution in [0.1, 0.15) is 25.3 Å². The van der Waals surface area contributed by atoms with Gasteiger partial charge in [-0.15, -0.1) is 0 Å². The molecule has 0 fully saturated rings. The summed E-state index contributed by atoms with van der Waals surface area (Å²) in [6.07, 6.45) is 1.14. The molecule has 0 spiro atoms. The number of anilines is 1. The zero-order chi connectivity index (χ0) is 15.1. The van der Waals surface area contributed by atoms with Crippen molar-refractivity contribution in [3.63, 3.8) is 0 Å². The molecule has 1 aromatic rings. The second kappa shape index (κ2) is 7.75. The topological polar surface area (TPSA) is 78.4 Å². The summed E-state index contributed by atoms with van der Waals surface area (Å²) >= 11 is 5.97. The third-order valence-electron chi connectivity index (χ3n) is 2.89. The van der Waals surface area contributed by atoms with Gasteiger partial charge < -0.3 is 15.7 Å². The minimum absolute atomic E-state index is 0.347. The Kier molecular flexibility index (Phi) is 6.31. The van der Waals surface area contributed by atoms with E-state index in [1.54, 1.807) is 19.1 Å². The van der Waals surface area contributed by atoms with E-state index in [-0.39, 0.29) is 6.03 Å². The number of aliphatic carboxylic acids is 1. The van der Waals surface area contributed by atoms with Gasteiger partial charge in [-0.3, -0.25) is 4.79 Å². The summed E-state index contributed by atoms with van der Waals surface area (Å²) in [5, 5.41) is 14.5. The van der Waals surface area contributed by atoms with Crippen LogP contribution in [-0.2, 0) is 4.79 Å². The molecule has 2 amide bonds. The first-order chi connectivity index (χ1) is 9.40. The zero-order valence-electron chi connectivity index (χ0n) is 11.6. The number of aryl methyl sites for hydroxylation is 1. The van der Waals surface area contributed by atoms with Crippen LogP contribution in [0.3, 0.4) is 0 Å². The molecule has 0 radical (unpaired) electrons. The number of urea groups is 1. The normalized spacial score (nSPS) is 11.8. The van der Waals surface area contributed by atoms with E-state index in [1.807, 2.05) is 13.0 Å². The Morgan fingerprint density at radius 2 is 2.10 bits per heavy atom. The molecule has 0 saturated heterocycles. The second-order valence-corrected chi connectivity index (χ2v) is 5.15. The largest absolute Gasteiger partial charge is 0.481 e. The van der Waals surface area contributed by atoms with Crippen molar-refractivity contribution in [3.8, 4) is 0 Å². The summed E-state index contributed by atoms with van der Waals surface area (Å²) in [6.45, 7) is 3.98. The van der Waals surface area contributed by atoms with Crippen molar-refractivity contribution < 1.29 is 14.7 Å². The lowest BCUT2D eigenvalue weighted by atomic mass is 10.1. The van der Waals surface area contributed by atoms with Crippen molar-refractivity contribution in [1.82, 2.24) is 5.32 Å². The smallest absolute Gasteiger partial charge is 0.319 e. The van der Waals surface area contributed by atoms with Crippen LogP contribution in [0.15, 0.2) is 18.2 Å². The number of carboxylic acids is 1. The van der Waals surface area contributed by atoms with Crippen molar-refractivity contribution in [2.45, 2.75) is 26.7 Å². The van der Waals surface area contributed by atoms with E-state index in [1.165, 1.54) is 0 Å². The molecule has 1 atom stereocenters. The lowest BCUT2D eigenvalue weighted by molar-refractivity contribution is -0.141. The van der Waals surface area contributed by atoms with Crippen LogP contribution in [0.2, 0.25) is 5.02 Å². The quantitative estimate of drug-likeness (QED) is 0.705. The molecule has 0 bridgehead atoms. The van der Waals surface area contributed by atoms with Crippen LogP contribution in [0.5, 0.6) is 0 Å². The van der Waals surface area contributed by atoms with Crippen LogP contribution < -0.4 is 10.6 Å². The number of nitrogens with one attached hydrogen (secondary N) is 2. The first-order valence-electron chi connectivity index (χ1n) is 6.44. The molecule has 6 heteroatoms. The summed E-state index contributed by atoms with van der Waals surface area (Å²) < 4.78 is 0. The fourth-order valence-electron chi connectivity index (χ4n) is 1.64. The first-order valence-corrected chi connectivity index (χ1v) is 6.81. The number of carbonyl (C=O) groups excluding carboxylic acids is 1. The Labute approximate surface area is 123 Å². The molecule has 0 aliphatic rings. The van der Waals surface area contributed by atoms with Crippen molar-refractivity contribution in [2.75, 3.05) is 11.9 Å². The van der Waals surface area contributed by atoms with Gasteiger partial charge in [0.2, 0.25) is 0 Å². The Balaban J connectivity index is 2.34. The number of hydrogen-bond acceptors (Lipinski definition) is 2. The summed E-state index contributed by atoms with van der Waals surface area (Å²) in [7, 11) is 0. The number of carboxylic acid groups (broad SMARTS) is 1. The molecule has 0 aliphatic carbocycles. The maximum absolute atomic E-state index is 11.7. The summed E-state index contributed by atoms with van der Waals surface area (Å²) in [5.41, 5.74) is 1.56. The molecule has 0 saturated carbocycles. The number of amides is 2. The Morgan fingerprint density at radius 3 is 2.75 bits per heavy atom. The fraction of sp³-hybridized carbons (Fsp3) is 0.429. The van der Waals surface area contributed by atoms with Crippen LogP contribution in [0.4, 0.5) is 10.5 Å². The lowest BCUT2D eigenvalue weighted by Crippen LogP contribution is -2.30. The maximum atomic E-state index is 11.7. The predicted octanol–water partition coefficient (Wildman–Crippen LogP) is 3.27. The minimum Gasteiger partial charge on any atom is -0.481 e. The van der Waals surface area contributed by atoms with Crippen LogP contribution in [0, 0.1) is 12.8 Å². The monoisotopic (exact) mass is 298 g/mol.